The van der Waals surface area contributed by atoms with Crippen molar-refractivity contribution in [2.45, 2.75) is 26.7 Å². The van der Waals surface area contributed by atoms with E-state index in [1.54, 1.807) is 6.20 Å². The van der Waals surface area contributed by atoms with E-state index in [2.05, 4.69) is 24.1 Å². The Morgan fingerprint density at radius 2 is 2.12 bits per heavy atom. The third-order valence-electron chi connectivity index (χ3n) is 2.48. The second kappa shape index (κ2) is 6.23. The van der Waals surface area contributed by atoms with Gasteiger partial charge in [0.05, 0.1) is 11.9 Å². The van der Waals surface area contributed by atoms with Gasteiger partial charge >= 0.3 is 0 Å². The average molecular weight is 235 g/mol. The number of hydrogen-bond donors (Lipinski definition) is 1. The van der Waals surface area contributed by atoms with Gasteiger partial charge < -0.3 is 10.2 Å². The summed E-state index contributed by atoms with van der Waals surface area (Å²) in [6, 6.07) is 3.76. The first kappa shape index (κ1) is 13.5. The third kappa shape index (κ3) is 4.85. The summed E-state index contributed by atoms with van der Waals surface area (Å²) in [7, 11) is 3.91. The molecule has 0 bridgehead atoms. The molecule has 0 aliphatic rings. The highest BCUT2D eigenvalue weighted by Gasteiger charge is 2.05. The second-order valence-corrected chi connectivity index (χ2v) is 4.78. The number of nitrogens with one attached hydrogen (secondary N) is 1. The molecule has 4 nitrogen and oxygen atoms in total. The topological polar surface area (TPSA) is 45.2 Å². The molecule has 1 aromatic rings. The van der Waals surface area contributed by atoms with Crippen molar-refractivity contribution in [2.75, 3.05) is 24.3 Å². The predicted octanol–water partition coefficient (Wildman–Crippen LogP) is 2.52. The summed E-state index contributed by atoms with van der Waals surface area (Å²) in [6.45, 7) is 4.22. The van der Waals surface area contributed by atoms with Gasteiger partial charge in [-0.2, -0.15) is 0 Å². The quantitative estimate of drug-likeness (QED) is 0.853. The van der Waals surface area contributed by atoms with Crippen LogP contribution in [-0.4, -0.2) is 25.0 Å². The van der Waals surface area contributed by atoms with Crippen molar-refractivity contribution < 1.29 is 4.79 Å². The molecule has 0 saturated carbocycles. The Morgan fingerprint density at radius 1 is 1.41 bits per heavy atom. The highest BCUT2D eigenvalue weighted by atomic mass is 16.1. The number of amides is 1. The Hall–Kier alpha value is -1.58. The monoisotopic (exact) mass is 235 g/mol. The van der Waals surface area contributed by atoms with Gasteiger partial charge in [0, 0.05) is 20.5 Å². The summed E-state index contributed by atoms with van der Waals surface area (Å²) in [5, 5.41) is 2.79. The average Bonchev–Trinajstić information content (AvgIpc) is 2.27. The zero-order chi connectivity index (χ0) is 12.8. The van der Waals surface area contributed by atoms with E-state index in [4.69, 9.17) is 0 Å². The number of aromatic nitrogens is 1. The lowest BCUT2D eigenvalue weighted by atomic mass is 10.1. The largest absolute Gasteiger partial charge is 0.376 e. The minimum absolute atomic E-state index is 0.0313. The zero-order valence-electron chi connectivity index (χ0n) is 11.0. The summed E-state index contributed by atoms with van der Waals surface area (Å²) < 4.78 is 0. The second-order valence-electron chi connectivity index (χ2n) is 4.78. The molecule has 0 spiro atoms. The van der Waals surface area contributed by atoms with Gasteiger partial charge in [-0.1, -0.05) is 13.8 Å². The first-order valence-electron chi connectivity index (χ1n) is 5.92. The lowest BCUT2D eigenvalue weighted by Crippen LogP contribution is -2.14. The van der Waals surface area contributed by atoms with Gasteiger partial charge in [0.25, 0.3) is 0 Å². The first-order valence-corrected chi connectivity index (χ1v) is 5.92. The molecule has 1 amide bonds. The molecule has 1 heterocycles. The number of rotatable bonds is 5. The van der Waals surface area contributed by atoms with E-state index in [9.17, 15) is 4.79 Å². The van der Waals surface area contributed by atoms with Crippen LogP contribution in [0, 0.1) is 5.92 Å². The van der Waals surface area contributed by atoms with Crippen LogP contribution in [0.3, 0.4) is 0 Å². The van der Waals surface area contributed by atoms with Gasteiger partial charge in [-0.25, -0.2) is 4.98 Å². The Bertz CT molecular complexity index is 357. The molecule has 0 aromatic carbocycles. The van der Waals surface area contributed by atoms with Gasteiger partial charge in [0.2, 0.25) is 5.91 Å². The molecule has 94 valence electrons. The van der Waals surface area contributed by atoms with Gasteiger partial charge in [0.1, 0.15) is 5.82 Å². The molecule has 0 saturated heterocycles. The minimum atomic E-state index is 0.0313. The highest BCUT2D eigenvalue weighted by Crippen LogP contribution is 2.12. The van der Waals surface area contributed by atoms with Crippen LogP contribution in [0.2, 0.25) is 0 Å². The molecule has 1 N–H and O–H groups in total. The smallest absolute Gasteiger partial charge is 0.225 e. The summed E-state index contributed by atoms with van der Waals surface area (Å²) >= 11 is 0. The van der Waals surface area contributed by atoms with E-state index < -0.39 is 0 Å². The summed E-state index contributed by atoms with van der Waals surface area (Å²) in [6.07, 6.45) is 3.20. The van der Waals surface area contributed by atoms with Crippen LogP contribution >= 0.6 is 0 Å². The lowest BCUT2D eigenvalue weighted by molar-refractivity contribution is -0.116. The molecule has 1 aromatic heterocycles. The molecular formula is C13H21N3O. The van der Waals surface area contributed by atoms with Gasteiger partial charge in [-0.05, 0) is 24.5 Å². The Labute approximate surface area is 103 Å². The molecule has 0 aliphatic heterocycles. The van der Waals surface area contributed by atoms with Crippen molar-refractivity contribution in [1.29, 1.82) is 0 Å². The molecule has 0 unspecified atom stereocenters. The Kier molecular flexibility index (Phi) is 4.94. The van der Waals surface area contributed by atoms with Crippen LogP contribution in [0.15, 0.2) is 18.3 Å². The van der Waals surface area contributed by atoms with Crippen molar-refractivity contribution >= 4 is 17.4 Å². The number of anilines is 2. The predicted molar refractivity (Wildman–Crippen MR) is 71.3 cm³/mol. The van der Waals surface area contributed by atoms with Crippen LogP contribution in [0.4, 0.5) is 11.5 Å². The van der Waals surface area contributed by atoms with E-state index in [0.717, 1.165) is 12.1 Å². The van der Waals surface area contributed by atoms with Crippen molar-refractivity contribution in [1.82, 2.24) is 4.98 Å². The van der Waals surface area contributed by atoms with Crippen molar-refractivity contribution in [3.63, 3.8) is 0 Å². The molecule has 4 heteroatoms. The lowest BCUT2D eigenvalue weighted by Gasteiger charge is -2.12. The molecule has 0 radical (unpaired) electrons. The normalized spacial score (nSPS) is 10.4. The maximum absolute atomic E-state index is 11.6. The highest BCUT2D eigenvalue weighted by molar-refractivity contribution is 5.89. The summed E-state index contributed by atoms with van der Waals surface area (Å²) in [5.74, 6) is 1.19. The number of nitrogens with zero attached hydrogens (tertiary/aromatic N) is 2. The molecule has 0 fully saturated rings. The fourth-order valence-corrected chi connectivity index (χ4v) is 1.35. The maximum Gasteiger partial charge on any atom is 0.225 e. The SMILES string of the molecule is CC(C)CCC(=O)Nc1ccc(N(C)C)cn1. The van der Waals surface area contributed by atoms with Crippen LogP contribution in [0.1, 0.15) is 26.7 Å². The third-order valence-corrected chi connectivity index (χ3v) is 2.48. The number of pyridine rings is 1. The summed E-state index contributed by atoms with van der Waals surface area (Å²) in [4.78, 5) is 17.7. The van der Waals surface area contributed by atoms with Gasteiger partial charge in [-0.3, -0.25) is 4.79 Å². The standard InChI is InChI=1S/C13H21N3O/c1-10(2)5-8-13(17)15-12-7-6-11(9-14-12)16(3)4/h6-7,9-10H,5,8H2,1-4H3,(H,14,15,17). The molecule has 0 aliphatic carbocycles. The van der Waals surface area contributed by atoms with Crippen LogP contribution in [0.5, 0.6) is 0 Å². The first-order chi connectivity index (χ1) is 7.99. The van der Waals surface area contributed by atoms with E-state index >= 15 is 0 Å². The number of hydrogen-bond acceptors (Lipinski definition) is 3. The zero-order valence-corrected chi connectivity index (χ0v) is 11.0. The van der Waals surface area contributed by atoms with Gasteiger partial charge in [-0.15, -0.1) is 0 Å². The minimum Gasteiger partial charge on any atom is -0.376 e. The van der Waals surface area contributed by atoms with Crippen molar-refractivity contribution in [2.24, 2.45) is 5.92 Å². The molecule has 17 heavy (non-hydrogen) atoms. The van der Waals surface area contributed by atoms with Gasteiger partial charge in [0.15, 0.2) is 0 Å². The van der Waals surface area contributed by atoms with Crippen LogP contribution in [-0.2, 0) is 4.79 Å². The molecule has 0 atom stereocenters. The molecule has 1 rings (SSSR count). The van der Waals surface area contributed by atoms with Crippen LogP contribution in [0.25, 0.3) is 0 Å². The number of carbonyl (C=O) groups excluding carboxylic acids is 1. The van der Waals surface area contributed by atoms with Crippen LogP contribution < -0.4 is 10.2 Å². The molecular weight excluding hydrogens is 214 g/mol. The van der Waals surface area contributed by atoms with Crippen molar-refractivity contribution in [3.8, 4) is 0 Å². The summed E-state index contributed by atoms with van der Waals surface area (Å²) in [5.41, 5.74) is 1.02. The van der Waals surface area contributed by atoms with E-state index in [-0.39, 0.29) is 5.91 Å². The van der Waals surface area contributed by atoms with E-state index in [1.807, 2.05) is 31.1 Å². The fourth-order valence-electron chi connectivity index (χ4n) is 1.35. The maximum atomic E-state index is 11.6. The Balaban J connectivity index is 2.48. The van der Waals surface area contributed by atoms with Crippen molar-refractivity contribution in [3.05, 3.63) is 18.3 Å². The van der Waals surface area contributed by atoms with E-state index in [1.165, 1.54) is 0 Å². The fraction of sp³-hybridized carbons (Fsp3) is 0.538. The van der Waals surface area contributed by atoms with E-state index in [0.29, 0.717) is 18.2 Å². The Morgan fingerprint density at radius 3 is 2.59 bits per heavy atom. The number of carbonyl (C=O) groups is 1.